The highest BCUT2D eigenvalue weighted by Gasteiger charge is 2.19. The Hall–Kier alpha value is -0.200. The molecule has 1 saturated heterocycles. The zero-order valence-electron chi connectivity index (χ0n) is 11.1. The van der Waals surface area contributed by atoms with Crippen molar-refractivity contribution >= 4 is 0 Å². The van der Waals surface area contributed by atoms with Crippen molar-refractivity contribution in [1.29, 1.82) is 0 Å². The van der Waals surface area contributed by atoms with Crippen molar-refractivity contribution in [3.63, 3.8) is 0 Å². The van der Waals surface area contributed by atoms with Gasteiger partial charge in [0.25, 0.3) is 0 Å². The summed E-state index contributed by atoms with van der Waals surface area (Å²) in [6, 6.07) is 0. The number of nitrogens with zero attached hydrogens (tertiary/aromatic N) is 2. The molecule has 1 heterocycles. The van der Waals surface area contributed by atoms with Gasteiger partial charge in [-0.3, -0.25) is 9.80 Å². The maximum atomic E-state index is 9.79. The maximum Gasteiger partial charge on any atom is 0.0718 e. The van der Waals surface area contributed by atoms with Crippen LogP contribution in [0.5, 0.6) is 0 Å². The molecule has 5 heteroatoms. The highest BCUT2D eigenvalue weighted by molar-refractivity contribution is 4.73. The summed E-state index contributed by atoms with van der Waals surface area (Å²) < 4.78 is 5.30. The van der Waals surface area contributed by atoms with Gasteiger partial charge < -0.3 is 14.9 Å². The predicted octanol–water partition coefficient (Wildman–Crippen LogP) is -0.616. The van der Waals surface area contributed by atoms with E-state index in [9.17, 15) is 5.11 Å². The zero-order valence-corrected chi connectivity index (χ0v) is 11.1. The Balaban J connectivity index is 2.27. The van der Waals surface area contributed by atoms with Crippen LogP contribution in [0.2, 0.25) is 0 Å². The molecular formula is C12H26N2O3. The summed E-state index contributed by atoms with van der Waals surface area (Å²) in [5.74, 6) is 0. The van der Waals surface area contributed by atoms with Crippen LogP contribution in [0.15, 0.2) is 0 Å². The molecule has 0 aromatic rings. The molecule has 17 heavy (non-hydrogen) atoms. The number of hydrogen-bond acceptors (Lipinski definition) is 5. The molecule has 0 aromatic heterocycles. The number of ether oxygens (including phenoxy) is 1. The van der Waals surface area contributed by atoms with E-state index < -0.39 is 5.60 Å². The van der Waals surface area contributed by atoms with Crippen molar-refractivity contribution in [2.45, 2.75) is 19.4 Å². The van der Waals surface area contributed by atoms with E-state index in [0.717, 1.165) is 39.4 Å². The first kappa shape index (κ1) is 14.9. The lowest BCUT2D eigenvalue weighted by Gasteiger charge is -2.32. The first-order chi connectivity index (χ1) is 8.01. The fourth-order valence-electron chi connectivity index (χ4n) is 2.07. The second kappa shape index (κ2) is 7.28. The van der Waals surface area contributed by atoms with Gasteiger partial charge in [-0.15, -0.1) is 0 Å². The molecule has 0 unspecified atom stereocenters. The van der Waals surface area contributed by atoms with Crippen molar-refractivity contribution in [3.05, 3.63) is 0 Å². The molecule has 0 amide bonds. The van der Waals surface area contributed by atoms with Crippen LogP contribution < -0.4 is 0 Å². The lowest BCUT2D eigenvalue weighted by Crippen LogP contribution is -2.45. The lowest BCUT2D eigenvalue weighted by molar-refractivity contribution is 0.0125. The summed E-state index contributed by atoms with van der Waals surface area (Å²) in [6.45, 7) is 10.4. The molecule has 0 radical (unpaired) electrons. The van der Waals surface area contributed by atoms with Gasteiger partial charge in [0.15, 0.2) is 0 Å². The smallest absolute Gasteiger partial charge is 0.0718 e. The van der Waals surface area contributed by atoms with Crippen LogP contribution in [-0.2, 0) is 4.74 Å². The van der Waals surface area contributed by atoms with Crippen LogP contribution in [-0.4, -0.2) is 84.7 Å². The highest BCUT2D eigenvalue weighted by atomic mass is 16.5. The monoisotopic (exact) mass is 246 g/mol. The minimum absolute atomic E-state index is 0.138. The highest BCUT2D eigenvalue weighted by Crippen LogP contribution is 2.05. The average Bonchev–Trinajstić information content (AvgIpc) is 2.26. The molecule has 0 aromatic carbocycles. The second-order valence-electron chi connectivity index (χ2n) is 5.27. The Bertz CT molecular complexity index is 200. The van der Waals surface area contributed by atoms with E-state index in [2.05, 4.69) is 9.80 Å². The van der Waals surface area contributed by atoms with Gasteiger partial charge in [0, 0.05) is 39.3 Å². The van der Waals surface area contributed by atoms with Crippen LogP contribution in [0.4, 0.5) is 0 Å². The molecule has 1 fully saturated rings. The van der Waals surface area contributed by atoms with Gasteiger partial charge in [0.05, 0.1) is 25.4 Å². The molecular weight excluding hydrogens is 220 g/mol. The summed E-state index contributed by atoms with van der Waals surface area (Å²) in [7, 11) is 0. The maximum absolute atomic E-state index is 9.79. The van der Waals surface area contributed by atoms with E-state index in [1.807, 2.05) is 0 Å². The number of rotatable bonds is 7. The van der Waals surface area contributed by atoms with E-state index in [-0.39, 0.29) is 6.61 Å². The molecule has 0 bridgehead atoms. The van der Waals surface area contributed by atoms with Crippen LogP contribution in [0, 0.1) is 0 Å². The van der Waals surface area contributed by atoms with E-state index in [1.54, 1.807) is 13.8 Å². The number of aliphatic hydroxyl groups excluding tert-OH is 1. The topological polar surface area (TPSA) is 56.2 Å². The molecule has 5 nitrogen and oxygen atoms in total. The van der Waals surface area contributed by atoms with E-state index >= 15 is 0 Å². The first-order valence-electron chi connectivity index (χ1n) is 6.37. The molecule has 1 aliphatic rings. The molecule has 0 spiro atoms. The van der Waals surface area contributed by atoms with Crippen molar-refractivity contribution in [1.82, 2.24) is 9.80 Å². The van der Waals surface area contributed by atoms with Gasteiger partial charge in [-0.1, -0.05) is 0 Å². The van der Waals surface area contributed by atoms with Crippen molar-refractivity contribution < 1.29 is 14.9 Å². The van der Waals surface area contributed by atoms with Crippen LogP contribution >= 0.6 is 0 Å². The standard InChI is InChI=1S/C12H26N2O3/c1-12(2,16)11-14(5-8-15)4-3-13-6-9-17-10-7-13/h15-16H,3-11H2,1-2H3. The third-order valence-electron chi connectivity index (χ3n) is 2.86. The SMILES string of the molecule is CC(C)(O)CN(CCO)CCN1CCOCC1. The third kappa shape index (κ3) is 6.95. The number of morpholine rings is 1. The molecule has 0 atom stereocenters. The average molecular weight is 246 g/mol. The van der Waals surface area contributed by atoms with Gasteiger partial charge in [-0.25, -0.2) is 0 Å². The van der Waals surface area contributed by atoms with Gasteiger partial charge in [-0.05, 0) is 13.8 Å². The quantitative estimate of drug-likeness (QED) is 0.627. The minimum atomic E-state index is -0.708. The van der Waals surface area contributed by atoms with E-state index in [0.29, 0.717) is 13.1 Å². The zero-order chi connectivity index (χ0) is 12.7. The Kier molecular flexibility index (Phi) is 6.37. The fraction of sp³-hybridized carbons (Fsp3) is 1.00. The van der Waals surface area contributed by atoms with Crippen LogP contribution in [0.1, 0.15) is 13.8 Å². The molecule has 2 N–H and O–H groups in total. The van der Waals surface area contributed by atoms with Crippen molar-refractivity contribution in [2.75, 3.05) is 59.1 Å². The van der Waals surface area contributed by atoms with Crippen LogP contribution in [0.3, 0.4) is 0 Å². The molecule has 0 saturated carbocycles. The first-order valence-corrected chi connectivity index (χ1v) is 6.37. The molecule has 1 aliphatic heterocycles. The largest absolute Gasteiger partial charge is 0.395 e. The van der Waals surface area contributed by atoms with E-state index in [4.69, 9.17) is 9.84 Å². The fourth-order valence-corrected chi connectivity index (χ4v) is 2.07. The number of aliphatic hydroxyl groups is 2. The normalized spacial score (nSPS) is 18.9. The van der Waals surface area contributed by atoms with Crippen LogP contribution in [0.25, 0.3) is 0 Å². The molecule has 1 rings (SSSR count). The summed E-state index contributed by atoms with van der Waals surface area (Å²) >= 11 is 0. The predicted molar refractivity (Wildman–Crippen MR) is 67.1 cm³/mol. The van der Waals surface area contributed by atoms with Gasteiger partial charge >= 0.3 is 0 Å². The van der Waals surface area contributed by atoms with Gasteiger partial charge in [0.2, 0.25) is 0 Å². The van der Waals surface area contributed by atoms with Crippen molar-refractivity contribution in [2.24, 2.45) is 0 Å². The van der Waals surface area contributed by atoms with Gasteiger partial charge in [0.1, 0.15) is 0 Å². The second-order valence-corrected chi connectivity index (χ2v) is 5.27. The van der Waals surface area contributed by atoms with Crippen molar-refractivity contribution in [3.8, 4) is 0 Å². The molecule has 102 valence electrons. The lowest BCUT2D eigenvalue weighted by atomic mass is 10.1. The Morgan fingerprint density at radius 3 is 2.41 bits per heavy atom. The Labute approximate surface area is 104 Å². The van der Waals surface area contributed by atoms with Gasteiger partial charge in [-0.2, -0.15) is 0 Å². The molecule has 0 aliphatic carbocycles. The third-order valence-corrected chi connectivity index (χ3v) is 2.86. The summed E-state index contributed by atoms with van der Waals surface area (Å²) in [6.07, 6.45) is 0. The Morgan fingerprint density at radius 2 is 1.88 bits per heavy atom. The summed E-state index contributed by atoms with van der Waals surface area (Å²) in [5.41, 5.74) is -0.708. The Morgan fingerprint density at radius 1 is 1.24 bits per heavy atom. The summed E-state index contributed by atoms with van der Waals surface area (Å²) in [5, 5.41) is 18.8. The minimum Gasteiger partial charge on any atom is -0.395 e. The summed E-state index contributed by atoms with van der Waals surface area (Å²) in [4.78, 5) is 4.47. The van der Waals surface area contributed by atoms with E-state index in [1.165, 1.54) is 0 Å². The number of hydrogen-bond donors (Lipinski definition) is 2.